The van der Waals surface area contributed by atoms with E-state index >= 15 is 0 Å². The maximum Gasteiger partial charge on any atom is 0.262 e. The fourth-order valence-corrected chi connectivity index (χ4v) is 4.85. The van der Waals surface area contributed by atoms with Gasteiger partial charge in [0, 0.05) is 30.9 Å². The highest BCUT2D eigenvalue weighted by Crippen LogP contribution is 2.22. The third-order valence-corrected chi connectivity index (χ3v) is 7.15. The van der Waals surface area contributed by atoms with Crippen LogP contribution in [0.25, 0.3) is 0 Å². The third kappa shape index (κ3) is 6.69. The zero-order valence-corrected chi connectivity index (χ0v) is 20.9. The normalized spacial score (nSPS) is 14.3. The molecule has 1 aliphatic heterocycles. The molecule has 3 N–H and O–H groups in total. The third-order valence-electron chi connectivity index (χ3n) is 5.92. The Kier molecular flexibility index (Phi) is 8.17. The lowest BCUT2D eigenvalue weighted by Gasteiger charge is -2.19. The number of hydrogen-bond acceptors (Lipinski definition) is 5. The number of nitrogens with zero attached hydrogens (tertiary/aromatic N) is 1. The van der Waals surface area contributed by atoms with Crippen LogP contribution in [0.1, 0.15) is 31.2 Å². The number of thiophene rings is 1. The van der Waals surface area contributed by atoms with Crippen LogP contribution >= 0.6 is 22.9 Å². The number of anilines is 1. The van der Waals surface area contributed by atoms with E-state index in [-0.39, 0.29) is 12.5 Å². The Morgan fingerprint density at radius 2 is 1.71 bits per heavy atom. The first-order valence-electron chi connectivity index (χ1n) is 11.4. The first-order valence-corrected chi connectivity index (χ1v) is 12.6. The van der Waals surface area contributed by atoms with Gasteiger partial charge in [0.25, 0.3) is 11.8 Å². The molecule has 3 aromatic rings. The topological polar surface area (TPSA) is 90.5 Å². The molecule has 35 heavy (non-hydrogen) atoms. The maximum absolute atomic E-state index is 13.2. The molecule has 182 valence electrons. The van der Waals surface area contributed by atoms with E-state index in [1.807, 2.05) is 24.3 Å². The molecule has 0 saturated carbocycles. The van der Waals surface area contributed by atoms with Crippen LogP contribution in [0.2, 0.25) is 4.34 Å². The SMILES string of the molecule is CN1CCc2ccc(NC(=O)[C@@H](CNC(=O)c3ccccc3)NC(=O)c3ccc(Cl)s3)cc2CC1. The van der Waals surface area contributed by atoms with Crippen molar-refractivity contribution < 1.29 is 14.4 Å². The van der Waals surface area contributed by atoms with Crippen LogP contribution in [0.3, 0.4) is 0 Å². The van der Waals surface area contributed by atoms with Crippen LogP contribution in [0, 0.1) is 0 Å². The minimum atomic E-state index is -0.985. The molecule has 0 fully saturated rings. The van der Waals surface area contributed by atoms with E-state index < -0.39 is 17.9 Å². The molecule has 9 heteroatoms. The van der Waals surface area contributed by atoms with Crippen LogP contribution in [-0.4, -0.2) is 55.3 Å². The standard InChI is InChI=1S/C26H27ClN4O3S/c1-31-13-11-17-7-8-20(15-19(17)12-14-31)29-25(33)21(30-26(34)22-9-10-23(27)35-22)16-28-24(32)18-5-3-2-4-6-18/h2-10,15,21H,11-14,16H2,1H3,(H,28,32)(H,29,33)(H,30,34)/t21-/m1/s1. The van der Waals surface area contributed by atoms with Crippen molar-refractivity contribution in [2.24, 2.45) is 0 Å². The number of carbonyl (C=O) groups is 3. The molecule has 1 aliphatic rings. The van der Waals surface area contributed by atoms with Crippen LogP contribution in [0.5, 0.6) is 0 Å². The summed E-state index contributed by atoms with van der Waals surface area (Å²) in [7, 11) is 2.10. The van der Waals surface area contributed by atoms with Gasteiger partial charge >= 0.3 is 0 Å². The number of amides is 3. The van der Waals surface area contributed by atoms with Gasteiger partial charge in [0.05, 0.1) is 9.21 Å². The molecule has 0 aliphatic carbocycles. The Balaban J connectivity index is 1.47. The lowest BCUT2D eigenvalue weighted by molar-refractivity contribution is -0.117. The van der Waals surface area contributed by atoms with Crippen molar-refractivity contribution in [1.82, 2.24) is 15.5 Å². The van der Waals surface area contributed by atoms with Gasteiger partial charge in [0.15, 0.2) is 0 Å². The summed E-state index contributed by atoms with van der Waals surface area (Å²) in [6.07, 6.45) is 1.87. The predicted molar refractivity (Wildman–Crippen MR) is 139 cm³/mol. The summed E-state index contributed by atoms with van der Waals surface area (Å²) in [6, 6.07) is 16.9. The van der Waals surface area contributed by atoms with Crippen molar-refractivity contribution in [2.75, 3.05) is 32.0 Å². The van der Waals surface area contributed by atoms with Gasteiger partial charge in [-0.25, -0.2) is 0 Å². The molecule has 2 heterocycles. The Labute approximate surface area is 213 Å². The van der Waals surface area contributed by atoms with E-state index in [0.717, 1.165) is 37.3 Å². The zero-order chi connectivity index (χ0) is 24.8. The van der Waals surface area contributed by atoms with Gasteiger partial charge in [-0.3, -0.25) is 14.4 Å². The number of rotatable bonds is 7. The van der Waals surface area contributed by atoms with Crippen molar-refractivity contribution in [1.29, 1.82) is 0 Å². The number of carbonyl (C=O) groups excluding carboxylic acids is 3. The fraction of sp³-hybridized carbons (Fsp3) is 0.269. The second-order valence-corrected chi connectivity index (χ2v) is 10.2. The summed E-state index contributed by atoms with van der Waals surface area (Å²) in [5.41, 5.74) is 3.62. The number of halogens is 1. The lowest BCUT2D eigenvalue weighted by Crippen LogP contribution is -2.50. The van der Waals surface area contributed by atoms with E-state index in [2.05, 4.69) is 27.9 Å². The molecule has 7 nitrogen and oxygen atoms in total. The number of benzene rings is 2. The van der Waals surface area contributed by atoms with Crippen LogP contribution in [-0.2, 0) is 17.6 Å². The smallest absolute Gasteiger partial charge is 0.262 e. The predicted octanol–water partition coefficient (Wildman–Crippen LogP) is 3.60. The quantitative estimate of drug-likeness (QED) is 0.453. The molecule has 0 spiro atoms. The summed E-state index contributed by atoms with van der Waals surface area (Å²) in [4.78, 5) is 41.2. The molecule has 0 bridgehead atoms. The van der Waals surface area contributed by atoms with E-state index in [4.69, 9.17) is 11.6 Å². The Morgan fingerprint density at radius 3 is 2.43 bits per heavy atom. The van der Waals surface area contributed by atoms with Gasteiger partial charge in [-0.15, -0.1) is 11.3 Å². The Hall–Kier alpha value is -3.20. The van der Waals surface area contributed by atoms with Crippen molar-refractivity contribution in [3.05, 3.63) is 86.6 Å². The molecule has 0 saturated heterocycles. The summed E-state index contributed by atoms with van der Waals surface area (Å²) in [5.74, 6) is -1.17. The molecule has 2 aromatic carbocycles. The molecular weight excluding hydrogens is 484 g/mol. The van der Waals surface area contributed by atoms with Gasteiger partial charge in [0.2, 0.25) is 5.91 Å². The number of likely N-dealkylation sites (N-methyl/N-ethyl adjacent to an activating group) is 1. The average Bonchev–Trinajstić information content (AvgIpc) is 3.22. The van der Waals surface area contributed by atoms with Crippen LogP contribution in [0.4, 0.5) is 5.69 Å². The van der Waals surface area contributed by atoms with Gasteiger partial charge in [0.1, 0.15) is 6.04 Å². The monoisotopic (exact) mass is 510 g/mol. The minimum absolute atomic E-state index is 0.0693. The highest BCUT2D eigenvalue weighted by atomic mass is 35.5. The summed E-state index contributed by atoms with van der Waals surface area (Å²) >= 11 is 7.08. The largest absolute Gasteiger partial charge is 0.349 e. The highest BCUT2D eigenvalue weighted by Gasteiger charge is 2.24. The average molecular weight is 511 g/mol. The number of nitrogens with one attached hydrogen (secondary N) is 3. The van der Waals surface area contributed by atoms with Gasteiger partial charge in [-0.2, -0.15) is 0 Å². The summed E-state index contributed by atoms with van der Waals surface area (Å²) in [6.45, 7) is 1.89. The van der Waals surface area contributed by atoms with Crippen molar-refractivity contribution in [2.45, 2.75) is 18.9 Å². The molecule has 3 amide bonds. The summed E-state index contributed by atoms with van der Waals surface area (Å²) in [5, 5.41) is 8.39. The first kappa shape index (κ1) is 24.9. The van der Waals surface area contributed by atoms with E-state index in [9.17, 15) is 14.4 Å². The highest BCUT2D eigenvalue weighted by molar-refractivity contribution is 7.18. The fourth-order valence-electron chi connectivity index (χ4n) is 3.91. The van der Waals surface area contributed by atoms with Crippen LogP contribution < -0.4 is 16.0 Å². The maximum atomic E-state index is 13.2. The first-order chi connectivity index (χ1) is 16.9. The molecular formula is C26H27ClN4O3S. The molecule has 1 aromatic heterocycles. The molecule has 0 radical (unpaired) electrons. The molecule has 1 atom stereocenters. The van der Waals surface area contributed by atoms with Crippen molar-refractivity contribution in [3.63, 3.8) is 0 Å². The second-order valence-electron chi connectivity index (χ2n) is 8.48. The number of fused-ring (bicyclic) bond motifs is 1. The number of hydrogen-bond donors (Lipinski definition) is 3. The van der Waals surface area contributed by atoms with Crippen molar-refractivity contribution in [3.8, 4) is 0 Å². The van der Waals surface area contributed by atoms with Gasteiger partial charge in [-0.05, 0) is 67.4 Å². The van der Waals surface area contributed by atoms with Crippen LogP contribution in [0.15, 0.2) is 60.7 Å². The van der Waals surface area contributed by atoms with E-state index in [1.165, 1.54) is 11.1 Å². The van der Waals surface area contributed by atoms with Gasteiger partial charge in [-0.1, -0.05) is 35.9 Å². The molecule has 4 rings (SSSR count). The zero-order valence-electron chi connectivity index (χ0n) is 19.3. The van der Waals surface area contributed by atoms with Gasteiger partial charge < -0.3 is 20.9 Å². The van der Waals surface area contributed by atoms with Crippen molar-refractivity contribution >= 4 is 46.3 Å². The van der Waals surface area contributed by atoms with E-state index in [0.29, 0.717) is 20.5 Å². The lowest BCUT2D eigenvalue weighted by atomic mass is 10.0. The molecule has 0 unspecified atom stereocenters. The summed E-state index contributed by atoms with van der Waals surface area (Å²) < 4.78 is 0.476. The van der Waals surface area contributed by atoms with E-state index in [1.54, 1.807) is 36.4 Å². The minimum Gasteiger partial charge on any atom is -0.349 e. The Bertz CT molecular complexity index is 1210. The Morgan fingerprint density at radius 1 is 0.971 bits per heavy atom. The second kappa shape index (κ2) is 11.5.